The van der Waals surface area contributed by atoms with Crippen LogP contribution in [0.2, 0.25) is 0 Å². The molecule has 3 aliphatic carbocycles. The molecule has 2 amide bonds. The predicted octanol–water partition coefficient (Wildman–Crippen LogP) is 4.06. The highest BCUT2D eigenvalue weighted by Crippen LogP contribution is 2.45. The number of ether oxygens (including phenoxy) is 1. The first kappa shape index (κ1) is 22.4. The number of aliphatic carboxylic acids is 1. The maximum Gasteiger partial charge on any atom is 0.407 e. The highest BCUT2D eigenvalue weighted by molar-refractivity contribution is 5.83. The van der Waals surface area contributed by atoms with Crippen LogP contribution in [0.4, 0.5) is 4.79 Å². The third kappa shape index (κ3) is 4.27. The molecule has 2 aromatic rings. The van der Waals surface area contributed by atoms with E-state index in [0.717, 1.165) is 24.0 Å². The van der Waals surface area contributed by atoms with Crippen LogP contribution in [-0.2, 0) is 14.3 Å². The van der Waals surface area contributed by atoms with Gasteiger partial charge in [-0.25, -0.2) is 4.79 Å². The molecule has 0 aliphatic heterocycles. The lowest BCUT2D eigenvalue weighted by atomic mass is 9.83. The average molecular weight is 463 g/mol. The van der Waals surface area contributed by atoms with Crippen LogP contribution >= 0.6 is 0 Å². The van der Waals surface area contributed by atoms with Gasteiger partial charge in [0.05, 0.1) is 11.3 Å². The van der Waals surface area contributed by atoms with E-state index in [1.165, 1.54) is 11.1 Å². The molecule has 7 heteroatoms. The first-order chi connectivity index (χ1) is 16.5. The van der Waals surface area contributed by atoms with Gasteiger partial charge in [-0.2, -0.15) is 0 Å². The van der Waals surface area contributed by atoms with E-state index in [-0.39, 0.29) is 36.9 Å². The molecule has 2 aromatic carbocycles. The molecule has 0 spiro atoms. The van der Waals surface area contributed by atoms with Gasteiger partial charge in [-0.1, -0.05) is 61.4 Å². The molecule has 0 radical (unpaired) electrons. The van der Waals surface area contributed by atoms with Gasteiger partial charge in [-0.3, -0.25) is 9.59 Å². The van der Waals surface area contributed by atoms with E-state index in [9.17, 15) is 19.5 Å². The van der Waals surface area contributed by atoms with E-state index in [4.69, 9.17) is 4.74 Å². The fraction of sp³-hybridized carbons (Fsp3) is 0.444. The molecular weight excluding hydrogens is 432 g/mol. The molecular formula is C27H30N2O5. The van der Waals surface area contributed by atoms with Crippen LogP contribution in [0.3, 0.4) is 0 Å². The van der Waals surface area contributed by atoms with Crippen LogP contribution in [0, 0.1) is 11.3 Å². The molecule has 0 unspecified atom stereocenters. The average Bonchev–Trinajstić information content (AvgIpc) is 3.59. The van der Waals surface area contributed by atoms with Gasteiger partial charge < -0.3 is 20.5 Å². The van der Waals surface area contributed by atoms with Crippen molar-refractivity contribution in [1.82, 2.24) is 10.6 Å². The van der Waals surface area contributed by atoms with Crippen LogP contribution in [0.5, 0.6) is 0 Å². The summed E-state index contributed by atoms with van der Waals surface area (Å²) in [6.07, 6.45) is 3.87. The van der Waals surface area contributed by atoms with E-state index in [0.29, 0.717) is 25.7 Å². The van der Waals surface area contributed by atoms with Crippen LogP contribution < -0.4 is 10.6 Å². The van der Waals surface area contributed by atoms with E-state index in [1.54, 1.807) is 0 Å². The lowest BCUT2D eigenvalue weighted by Gasteiger charge is -2.31. The quantitative estimate of drug-likeness (QED) is 0.576. The summed E-state index contributed by atoms with van der Waals surface area (Å²) in [6, 6.07) is 16.1. The van der Waals surface area contributed by atoms with Gasteiger partial charge >= 0.3 is 12.1 Å². The van der Waals surface area contributed by atoms with Crippen molar-refractivity contribution in [3.8, 4) is 11.1 Å². The minimum atomic E-state index is -0.857. The summed E-state index contributed by atoms with van der Waals surface area (Å²) in [7, 11) is 0. The maximum atomic E-state index is 12.8. The van der Waals surface area contributed by atoms with Gasteiger partial charge in [0.2, 0.25) is 5.91 Å². The number of benzene rings is 2. The molecule has 2 fully saturated rings. The van der Waals surface area contributed by atoms with Crippen molar-refractivity contribution in [2.75, 3.05) is 13.2 Å². The van der Waals surface area contributed by atoms with Gasteiger partial charge in [0.15, 0.2) is 0 Å². The molecule has 0 bridgehead atoms. The number of alkyl carbamates (subject to hydrolysis) is 1. The lowest BCUT2D eigenvalue weighted by Crippen LogP contribution is -2.49. The maximum absolute atomic E-state index is 12.8. The number of amides is 2. The van der Waals surface area contributed by atoms with Gasteiger partial charge in [-0.05, 0) is 47.9 Å². The number of nitrogens with one attached hydrogen (secondary N) is 2. The van der Waals surface area contributed by atoms with Crippen molar-refractivity contribution >= 4 is 18.0 Å². The second-order valence-electron chi connectivity index (χ2n) is 9.77. The predicted molar refractivity (Wildman–Crippen MR) is 126 cm³/mol. The van der Waals surface area contributed by atoms with Gasteiger partial charge in [0.1, 0.15) is 6.61 Å². The van der Waals surface area contributed by atoms with E-state index < -0.39 is 17.5 Å². The Kier molecular flexibility index (Phi) is 6.02. The van der Waals surface area contributed by atoms with Gasteiger partial charge in [-0.15, -0.1) is 0 Å². The molecule has 2 atom stereocenters. The minimum Gasteiger partial charge on any atom is -0.481 e. The highest BCUT2D eigenvalue weighted by atomic mass is 16.5. The Balaban J connectivity index is 1.19. The van der Waals surface area contributed by atoms with Crippen molar-refractivity contribution in [3.63, 3.8) is 0 Å². The topological polar surface area (TPSA) is 105 Å². The smallest absolute Gasteiger partial charge is 0.407 e. The molecule has 178 valence electrons. The molecule has 34 heavy (non-hydrogen) atoms. The standard InChI is InChI=1S/C27H30N2O5/c30-24(28-16-27(13-14-27)25(31)32)21-11-5-6-12-23(21)29-26(33)34-15-22-19-9-3-1-7-17(19)18-8-2-4-10-20(18)22/h1-4,7-10,21-23H,5-6,11-16H2,(H,28,30)(H,29,33)(H,31,32)/t21-,23+/m1/s1. The van der Waals surface area contributed by atoms with E-state index in [1.807, 2.05) is 24.3 Å². The molecule has 0 saturated heterocycles. The third-order valence-corrected chi connectivity index (χ3v) is 7.66. The zero-order valence-corrected chi connectivity index (χ0v) is 19.1. The van der Waals surface area contributed by atoms with Crippen LogP contribution in [0.15, 0.2) is 48.5 Å². The summed E-state index contributed by atoms with van der Waals surface area (Å²) in [6.45, 7) is 0.375. The molecule has 0 heterocycles. The van der Waals surface area contributed by atoms with Crippen molar-refractivity contribution < 1.29 is 24.2 Å². The summed E-state index contributed by atoms with van der Waals surface area (Å²) in [4.78, 5) is 37.0. The number of fused-ring (bicyclic) bond motifs is 3. The highest BCUT2D eigenvalue weighted by Gasteiger charge is 2.50. The first-order valence-electron chi connectivity index (χ1n) is 12.1. The van der Waals surface area contributed by atoms with E-state index >= 15 is 0 Å². The molecule has 3 aliphatic rings. The van der Waals surface area contributed by atoms with Crippen LogP contribution in [0.1, 0.15) is 55.6 Å². The fourth-order valence-electron chi connectivity index (χ4n) is 5.41. The molecule has 5 rings (SSSR count). The summed E-state index contributed by atoms with van der Waals surface area (Å²) in [5.74, 6) is -1.44. The number of rotatable bonds is 7. The fourth-order valence-corrected chi connectivity index (χ4v) is 5.41. The normalized spacial score (nSPS) is 22.2. The molecule has 2 saturated carbocycles. The second-order valence-corrected chi connectivity index (χ2v) is 9.77. The SMILES string of the molecule is O=C(N[C@H]1CCCC[C@H]1C(=O)NCC1(C(=O)O)CC1)OCC1c2ccccc2-c2ccccc21. The second kappa shape index (κ2) is 9.12. The summed E-state index contributed by atoms with van der Waals surface area (Å²) in [5, 5.41) is 15.1. The van der Waals surface area contributed by atoms with E-state index in [2.05, 4.69) is 34.9 Å². The Labute approximate surface area is 198 Å². The third-order valence-electron chi connectivity index (χ3n) is 7.66. The Morgan fingerprint density at radius 3 is 2.18 bits per heavy atom. The Morgan fingerprint density at radius 1 is 0.941 bits per heavy atom. The number of hydrogen-bond donors (Lipinski definition) is 3. The number of carboxylic acids is 1. The Bertz CT molecular complexity index is 1060. The summed E-state index contributed by atoms with van der Waals surface area (Å²) >= 11 is 0. The first-order valence-corrected chi connectivity index (χ1v) is 12.1. The zero-order valence-electron chi connectivity index (χ0n) is 19.1. The van der Waals surface area contributed by atoms with Gasteiger partial charge in [0.25, 0.3) is 0 Å². The molecule has 7 nitrogen and oxygen atoms in total. The number of hydrogen-bond acceptors (Lipinski definition) is 4. The summed E-state index contributed by atoms with van der Waals surface area (Å²) < 4.78 is 5.67. The van der Waals surface area contributed by atoms with Crippen molar-refractivity contribution in [2.45, 2.75) is 50.5 Å². The van der Waals surface area contributed by atoms with Crippen molar-refractivity contribution in [2.24, 2.45) is 11.3 Å². The monoisotopic (exact) mass is 462 g/mol. The van der Waals surface area contributed by atoms with Crippen LogP contribution in [-0.4, -0.2) is 42.3 Å². The summed E-state index contributed by atoms with van der Waals surface area (Å²) in [5.41, 5.74) is 3.84. The Hall–Kier alpha value is -3.35. The molecule has 0 aromatic heterocycles. The number of carbonyl (C=O) groups is 3. The number of carboxylic acid groups (broad SMARTS) is 1. The van der Waals surface area contributed by atoms with Crippen LogP contribution in [0.25, 0.3) is 11.1 Å². The lowest BCUT2D eigenvalue weighted by molar-refractivity contribution is -0.143. The Morgan fingerprint density at radius 2 is 1.56 bits per heavy atom. The minimum absolute atomic E-state index is 0.0191. The van der Waals surface area contributed by atoms with Crippen molar-refractivity contribution in [1.29, 1.82) is 0 Å². The van der Waals surface area contributed by atoms with Gasteiger partial charge in [0, 0.05) is 18.5 Å². The zero-order chi connectivity index (χ0) is 23.7. The largest absolute Gasteiger partial charge is 0.481 e. The number of carbonyl (C=O) groups excluding carboxylic acids is 2. The van der Waals surface area contributed by atoms with Crippen molar-refractivity contribution in [3.05, 3.63) is 59.7 Å². The molecule has 3 N–H and O–H groups in total.